The monoisotopic (exact) mass is 401 g/mol. The summed E-state index contributed by atoms with van der Waals surface area (Å²) < 4.78 is 15.3. The quantitative estimate of drug-likeness (QED) is 0.429. The predicted octanol–water partition coefficient (Wildman–Crippen LogP) is 2.27. The molecule has 0 bridgehead atoms. The van der Waals surface area contributed by atoms with Crippen LogP contribution in [0.4, 0.5) is 5.00 Å². The van der Waals surface area contributed by atoms with Crippen LogP contribution < -0.4 is 14.8 Å². The van der Waals surface area contributed by atoms with E-state index in [2.05, 4.69) is 10.5 Å². The first-order valence-corrected chi connectivity index (χ1v) is 8.94. The van der Waals surface area contributed by atoms with Gasteiger partial charge in [0.25, 0.3) is 5.91 Å². The third-order valence-electron chi connectivity index (χ3n) is 3.58. The smallest absolute Gasteiger partial charge is 0.347 e. The van der Waals surface area contributed by atoms with Gasteiger partial charge in [-0.15, -0.1) is 11.3 Å². The van der Waals surface area contributed by atoms with Gasteiger partial charge >= 0.3 is 5.97 Å². The van der Waals surface area contributed by atoms with Crippen molar-refractivity contribution in [1.82, 2.24) is 0 Å². The van der Waals surface area contributed by atoms with Gasteiger partial charge in [-0.2, -0.15) is 5.26 Å². The molecule has 1 N–H and O–H groups in total. The van der Waals surface area contributed by atoms with Gasteiger partial charge < -0.3 is 24.4 Å². The molecule has 144 valence electrons. The number of nitrogens with one attached hydrogen (secondary N) is 1. The van der Waals surface area contributed by atoms with Crippen molar-refractivity contribution < 1.29 is 28.6 Å². The van der Waals surface area contributed by atoms with Crippen LogP contribution in [0.15, 0.2) is 34.8 Å². The molecule has 0 saturated carbocycles. The van der Waals surface area contributed by atoms with Crippen molar-refractivity contribution in [2.24, 2.45) is 5.16 Å². The molecule has 0 spiro atoms. The lowest BCUT2D eigenvalue weighted by molar-refractivity contribution is -0.151. The van der Waals surface area contributed by atoms with E-state index in [4.69, 9.17) is 24.3 Å². The number of nitrogens with zero attached hydrogens (tertiary/aromatic N) is 2. The maximum atomic E-state index is 11.8. The molecule has 0 radical (unpaired) electrons. The summed E-state index contributed by atoms with van der Waals surface area (Å²) in [6.45, 7) is 0.951. The summed E-state index contributed by atoms with van der Waals surface area (Å²) >= 11 is 1.20. The number of hydrogen-bond donors (Lipinski definition) is 1. The summed E-state index contributed by atoms with van der Waals surface area (Å²) in [7, 11) is 0. The predicted molar refractivity (Wildman–Crippen MR) is 99.4 cm³/mol. The lowest BCUT2D eigenvalue weighted by Gasteiger charge is -2.06. The Morgan fingerprint density at radius 2 is 2.11 bits per heavy atom. The zero-order valence-electron chi connectivity index (χ0n) is 14.8. The number of benzene rings is 1. The van der Waals surface area contributed by atoms with Gasteiger partial charge in [0.2, 0.25) is 13.4 Å². The molecule has 1 amide bonds. The van der Waals surface area contributed by atoms with Gasteiger partial charge in [-0.05, 0) is 36.6 Å². The van der Waals surface area contributed by atoms with Crippen LogP contribution in [-0.2, 0) is 19.2 Å². The number of esters is 1. The van der Waals surface area contributed by atoms with Crippen molar-refractivity contribution in [3.05, 3.63) is 40.8 Å². The third kappa shape index (κ3) is 4.77. The zero-order valence-corrected chi connectivity index (χ0v) is 15.6. The molecular weight excluding hydrogens is 386 g/mol. The molecule has 2 heterocycles. The average molecular weight is 401 g/mol. The first-order valence-electron chi connectivity index (χ1n) is 8.06. The molecule has 3 rings (SSSR count). The molecule has 1 aliphatic heterocycles. The van der Waals surface area contributed by atoms with Crippen LogP contribution in [0.5, 0.6) is 11.5 Å². The van der Waals surface area contributed by atoms with Crippen molar-refractivity contribution in [2.45, 2.75) is 6.92 Å². The van der Waals surface area contributed by atoms with Gasteiger partial charge in [-0.1, -0.05) is 5.16 Å². The van der Waals surface area contributed by atoms with Gasteiger partial charge in [0.05, 0.1) is 11.3 Å². The van der Waals surface area contributed by atoms with Gasteiger partial charge in [0, 0.05) is 5.56 Å². The molecule has 0 fully saturated rings. The van der Waals surface area contributed by atoms with Crippen LogP contribution in [0.3, 0.4) is 0 Å². The van der Waals surface area contributed by atoms with E-state index in [0.717, 1.165) is 5.56 Å². The minimum absolute atomic E-state index is 0.176. The first kappa shape index (κ1) is 19.2. The second kappa shape index (κ2) is 8.88. The van der Waals surface area contributed by atoms with E-state index in [-0.39, 0.29) is 6.79 Å². The number of ether oxygens (including phenoxy) is 3. The van der Waals surface area contributed by atoms with Gasteiger partial charge in [0.15, 0.2) is 18.1 Å². The summed E-state index contributed by atoms with van der Waals surface area (Å²) in [6, 6.07) is 8.84. The second-order valence-corrected chi connectivity index (χ2v) is 6.42. The van der Waals surface area contributed by atoms with Gasteiger partial charge in [-0.3, -0.25) is 4.79 Å². The Hall–Kier alpha value is -3.58. The molecule has 1 aromatic carbocycles. The number of rotatable bonds is 7. The number of hydrogen-bond acceptors (Lipinski definition) is 9. The lowest BCUT2D eigenvalue weighted by atomic mass is 10.1. The molecular formula is C18H15N3O6S. The Morgan fingerprint density at radius 3 is 2.93 bits per heavy atom. The van der Waals surface area contributed by atoms with Gasteiger partial charge in [0.1, 0.15) is 11.1 Å². The summed E-state index contributed by atoms with van der Waals surface area (Å²) in [6.07, 6.45) is 0. The normalized spacial score (nSPS) is 12.2. The standard InChI is InChI=1S/C18H15N3O6S/c1-11(12-2-3-14-15(6-12)26-10-25-14)21-27-9-17(23)24-8-16(22)20-18-13(7-19)4-5-28-18/h2-6H,8-10H2,1H3,(H,20,22)/b21-11-. The summed E-state index contributed by atoms with van der Waals surface area (Å²) in [5.74, 6) is -0.0251. The highest BCUT2D eigenvalue weighted by molar-refractivity contribution is 7.14. The van der Waals surface area contributed by atoms with Crippen LogP contribution in [-0.4, -0.2) is 37.6 Å². The first-order chi connectivity index (χ1) is 13.6. The molecule has 1 aromatic heterocycles. The maximum Gasteiger partial charge on any atom is 0.347 e. The third-order valence-corrected chi connectivity index (χ3v) is 4.41. The van der Waals surface area contributed by atoms with E-state index in [1.54, 1.807) is 36.6 Å². The van der Waals surface area contributed by atoms with E-state index in [1.807, 2.05) is 6.07 Å². The fraction of sp³-hybridized carbons (Fsp3) is 0.222. The Bertz CT molecular complexity index is 962. The van der Waals surface area contributed by atoms with Crippen LogP contribution in [0.25, 0.3) is 0 Å². The molecule has 0 aliphatic carbocycles. The molecule has 9 nitrogen and oxygen atoms in total. The highest BCUT2D eigenvalue weighted by Gasteiger charge is 2.15. The van der Waals surface area contributed by atoms with Crippen molar-refractivity contribution in [3.63, 3.8) is 0 Å². The highest BCUT2D eigenvalue weighted by atomic mass is 32.1. The number of carbonyl (C=O) groups is 2. The molecule has 2 aromatic rings. The number of thiophene rings is 1. The summed E-state index contributed by atoms with van der Waals surface area (Å²) in [4.78, 5) is 28.4. The van der Waals surface area contributed by atoms with Crippen molar-refractivity contribution in [1.29, 1.82) is 5.26 Å². The molecule has 10 heteroatoms. The summed E-state index contributed by atoms with van der Waals surface area (Å²) in [5, 5.41) is 17.3. The highest BCUT2D eigenvalue weighted by Crippen LogP contribution is 2.32. The largest absolute Gasteiger partial charge is 0.454 e. The fourth-order valence-corrected chi connectivity index (χ4v) is 2.95. The number of oxime groups is 1. The fourth-order valence-electron chi connectivity index (χ4n) is 2.20. The van der Waals surface area contributed by atoms with E-state index in [9.17, 15) is 9.59 Å². The van der Waals surface area contributed by atoms with E-state index < -0.39 is 25.1 Å². The molecule has 0 unspecified atom stereocenters. The van der Waals surface area contributed by atoms with E-state index in [1.165, 1.54) is 11.3 Å². The van der Waals surface area contributed by atoms with E-state index in [0.29, 0.717) is 27.8 Å². The van der Waals surface area contributed by atoms with Crippen LogP contribution in [0, 0.1) is 11.3 Å². The Labute approximate surface area is 164 Å². The number of nitriles is 1. The Kier molecular flexibility index (Phi) is 6.08. The average Bonchev–Trinajstić information content (AvgIpc) is 3.34. The Morgan fingerprint density at radius 1 is 1.29 bits per heavy atom. The molecule has 0 saturated heterocycles. The van der Waals surface area contributed by atoms with Crippen LogP contribution in [0.1, 0.15) is 18.1 Å². The van der Waals surface area contributed by atoms with Gasteiger partial charge in [-0.25, -0.2) is 4.79 Å². The molecule has 0 atom stereocenters. The minimum Gasteiger partial charge on any atom is -0.454 e. The van der Waals surface area contributed by atoms with E-state index >= 15 is 0 Å². The van der Waals surface area contributed by atoms with Crippen molar-refractivity contribution in [3.8, 4) is 17.6 Å². The molecule has 28 heavy (non-hydrogen) atoms. The van der Waals surface area contributed by atoms with Crippen molar-refractivity contribution >= 4 is 33.9 Å². The number of fused-ring (bicyclic) bond motifs is 1. The van der Waals surface area contributed by atoms with Crippen LogP contribution in [0.2, 0.25) is 0 Å². The zero-order chi connectivity index (χ0) is 19.9. The summed E-state index contributed by atoms with van der Waals surface area (Å²) in [5.41, 5.74) is 1.63. The Balaban J connectivity index is 1.42. The number of anilines is 1. The second-order valence-electron chi connectivity index (χ2n) is 5.50. The maximum absolute atomic E-state index is 11.8. The SMILES string of the molecule is C/C(=N/OCC(=O)OCC(=O)Nc1sccc1C#N)c1ccc2c(c1)OCO2. The lowest BCUT2D eigenvalue weighted by Crippen LogP contribution is -2.22. The molecule has 1 aliphatic rings. The van der Waals surface area contributed by atoms with Crippen LogP contribution >= 0.6 is 11.3 Å². The topological polar surface area (TPSA) is 119 Å². The number of amides is 1. The number of carbonyl (C=O) groups excluding carboxylic acids is 2. The minimum atomic E-state index is -0.746. The van der Waals surface area contributed by atoms with Crippen molar-refractivity contribution in [2.75, 3.05) is 25.3 Å².